The van der Waals surface area contributed by atoms with Gasteiger partial charge in [0.2, 0.25) is 0 Å². The lowest BCUT2D eigenvalue weighted by atomic mass is 10.2. The lowest BCUT2D eigenvalue weighted by Gasteiger charge is -2.06. The number of nitrogens with zero attached hydrogens (tertiary/aromatic N) is 2. The van der Waals surface area contributed by atoms with Crippen molar-refractivity contribution in [3.63, 3.8) is 0 Å². The molecule has 4 aromatic rings. The van der Waals surface area contributed by atoms with Crippen LogP contribution in [0.4, 0.5) is 0 Å². The number of phenolic OH excluding ortho intramolecular Hbond substituents is 1. The Morgan fingerprint density at radius 3 is 2.92 bits per heavy atom. The summed E-state index contributed by atoms with van der Waals surface area (Å²) in [6, 6.07) is 10.6. The third-order valence-electron chi connectivity index (χ3n) is 3.72. The molecule has 0 aliphatic heterocycles. The first-order valence-corrected chi connectivity index (χ1v) is 8.26. The number of benzene rings is 2. The summed E-state index contributed by atoms with van der Waals surface area (Å²) in [6.45, 7) is 0. The summed E-state index contributed by atoms with van der Waals surface area (Å²) in [6.07, 6.45) is 1.60. The van der Waals surface area contributed by atoms with Crippen LogP contribution in [0.15, 0.2) is 41.2 Å². The molecular formula is C17H11ClN2O3S. The fraction of sp³-hybridized carbons (Fsp3) is 0.0588. The predicted molar refractivity (Wildman–Crippen MR) is 95.3 cm³/mol. The molecule has 0 aliphatic carbocycles. The van der Waals surface area contributed by atoms with E-state index >= 15 is 0 Å². The number of ether oxygens (including phenoxy) is 1. The molecule has 1 N–H and O–H groups in total. The Kier molecular flexibility index (Phi) is 3.44. The SMILES string of the molecule is COc1cc(Cl)cc(/C=c2\sc3nc4ccccc4n3c2=O)c1O. The summed E-state index contributed by atoms with van der Waals surface area (Å²) in [5.74, 6) is 0.199. The van der Waals surface area contributed by atoms with Gasteiger partial charge in [0, 0.05) is 16.7 Å². The van der Waals surface area contributed by atoms with Crippen molar-refractivity contribution in [1.29, 1.82) is 0 Å². The molecule has 5 nitrogen and oxygen atoms in total. The fourth-order valence-corrected chi connectivity index (χ4v) is 3.81. The third-order valence-corrected chi connectivity index (χ3v) is 4.91. The van der Waals surface area contributed by atoms with Gasteiger partial charge < -0.3 is 9.84 Å². The Hall–Kier alpha value is -2.57. The lowest BCUT2D eigenvalue weighted by molar-refractivity contribution is 0.373. The Bertz CT molecular complexity index is 1200. The number of methoxy groups -OCH3 is 1. The maximum atomic E-state index is 12.7. The number of hydrogen-bond acceptors (Lipinski definition) is 5. The Morgan fingerprint density at radius 1 is 1.33 bits per heavy atom. The van der Waals surface area contributed by atoms with E-state index in [1.165, 1.54) is 24.5 Å². The van der Waals surface area contributed by atoms with Gasteiger partial charge in [-0.05, 0) is 24.3 Å². The van der Waals surface area contributed by atoms with Crippen LogP contribution in [0.1, 0.15) is 5.56 Å². The summed E-state index contributed by atoms with van der Waals surface area (Å²) in [5.41, 5.74) is 1.79. The van der Waals surface area contributed by atoms with Gasteiger partial charge in [0.05, 0.1) is 22.7 Å². The highest BCUT2D eigenvalue weighted by Gasteiger charge is 2.12. The average Bonchev–Trinajstić information content (AvgIpc) is 3.07. The average molecular weight is 359 g/mol. The van der Waals surface area contributed by atoms with Crippen molar-refractivity contribution < 1.29 is 9.84 Å². The van der Waals surface area contributed by atoms with Gasteiger partial charge in [0.15, 0.2) is 16.5 Å². The van der Waals surface area contributed by atoms with Crippen LogP contribution in [0.5, 0.6) is 11.5 Å². The first-order valence-electron chi connectivity index (χ1n) is 7.06. The van der Waals surface area contributed by atoms with Crippen molar-refractivity contribution in [3.05, 3.63) is 61.9 Å². The lowest BCUT2D eigenvalue weighted by Crippen LogP contribution is -2.22. The van der Waals surface area contributed by atoms with Crippen LogP contribution in [0.3, 0.4) is 0 Å². The number of fused-ring (bicyclic) bond motifs is 3. The molecule has 24 heavy (non-hydrogen) atoms. The van der Waals surface area contributed by atoms with Crippen molar-refractivity contribution in [3.8, 4) is 11.5 Å². The van der Waals surface area contributed by atoms with Crippen LogP contribution >= 0.6 is 22.9 Å². The number of halogens is 1. The second-order valence-electron chi connectivity index (χ2n) is 5.18. The summed E-state index contributed by atoms with van der Waals surface area (Å²) in [4.78, 5) is 17.8. The number of imidazole rings is 1. The van der Waals surface area contributed by atoms with E-state index in [9.17, 15) is 9.90 Å². The molecule has 2 aromatic carbocycles. The van der Waals surface area contributed by atoms with Gasteiger partial charge in [-0.1, -0.05) is 35.1 Å². The van der Waals surface area contributed by atoms with Gasteiger partial charge in [-0.25, -0.2) is 9.38 Å². The molecule has 0 saturated carbocycles. The number of hydrogen-bond donors (Lipinski definition) is 1. The molecule has 0 spiro atoms. The Morgan fingerprint density at radius 2 is 2.12 bits per heavy atom. The maximum Gasteiger partial charge on any atom is 0.274 e. The normalized spacial score (nSPS) is 12.3. The molecule has 2 heterocycles. The number of aromatic hydroxyl groups is 1. The van der Waals surface area contributed by atoms with Crippen molar-refractivity contribution in [2.24, 2.45) is 0 Å². The second-order valence-corrected chi connectivity index (χ2v) is 6.63. The Labute approximate surface area is 145 Å². The molecular weight excluding hydrogens is 348 g/mol. The quantitative estimate of drug-likeness (QED) is 0.598. The van der Waals surface area contributed by atoms with Crippen LogP contribution in [0.2, 0.25) is 5.02 Å². The molecule has 0 bridgehead atoms. The zero-order valence-electron chi connectivity index (χ0n) is 12.5. The monoisotopic (exact) mass is 358 g/mol. The van der Waals surface area contributed by atoms with Gasteiger partial charge >= 0.3 is 0 Å². The minimum Gasteiger partial charge on any atom is -0.504 e. The van der Waals surface area contributed by atoms with Crippen molar-refractivity contribution in [2.45, 2.75) is 0 Å². The van der Waals surface area contributed by atoms with E-state index in [4.69, 9.17) is 16.3 Å². The number of para-hydroxylation sites is 2. The van der Waals surface area contributed by atoms with E-state index in [1.807, 2.05) is 24.3 Å². The molecule has 0 amide bonds. The predicted octanol–water partition coefficient (Wildman–Crippen LogP) is 2.82. The third kappa shape index (κ3) is 2.23. The summed E-state index contributed by atoms with van der Waals surface area (Å²) < 4.78 is 7.12. The zero-order chi connectivity index (χ0) is 16.8. The number of thiazole rings is 1. The topological polar surface area (TPSA) is 63.8 Å². The standard InChI is InChI=1S/C17H11ClN2O3S/c1-23-13-8-10(18)6-9(15(13)21)7-14-16(22)20-12-5-3-2-4-11(12)19-17(20)24-14/h2-8,21H,1H3/b14-7-. The van der Waals surface area contributed by atoms with Gasteiger partial charge in [-0.3, -0.25) is 4.79 Å². The highest BCUT2D eigenvalue weighted by molar-refractivity contribution is 7.15. The molecule has 0 aliphatic rings. The largest absolute Gasteiger partial charge is 0.504 e. The van der Waals surface area contributed by atoms with Crippen molar-refractivity contribution >= 4 is 45.0 Å². The highest BCUT2D eigenvalue weighted by Crippen LogP contribution is 2.33. The maximum absolute atomic E-state index is 12.7. The van der Waals surface area contributed by atoms with Gasteiger partial charge in [0.25, 0.3) is 5.56 Å². The van der Waals surface area contributed by atoms with Crippen LogP contribution in [0.25, 0.3) is 22.1 Å². The molecule has 7 heteroatoms. The number of rotatable bonds is 2. The first-order chi connectivity index (χ1) is 11.6. The summed E-state index contributed by atoms with van der Waals surface area (Å²) in [5, 5.41) is 10.6. The van der Waals surface area contributed by atoms with Crippen LogP contribution < -0.4 is 14.8 Å². The van der Waals surface area contributed by atoms with E-state index in [2.05, 4.69) is 4.98 Å². The second kappa shape index (κ2) is 5.51. The number of phenols is 1. The van der Waals surface area contributed by atoms with E-state index in [0.717, 1.165) is 11.0 Å². The van der Waals surface area contributed by atoms with Crippen molar-refractivity contribution in [2.75, 3.05) is 7.11 Å². The van der Waals surface area contributed by atoms with Crippen LogP contribution in [-0.2, 0) is 0 Å². The molecule has 0 saturated heterocycles. The first kappa shape index (κ1) is 15.0. The van der Waals surface area contributed by atoms with Crippen molar-refractivity contribution in [1.82, 2.24) is 9.38 Å². The minimum atomic E-state index is -0.179. The molecule has 120 valence electrons. The molecule has 0 unspecified atom stereocenters. The van der Waals surface area contributed by atoms with Gasteiger partial charge in [-0.2, -0.15) is 0 Å². The smallest absolute Gasteiger partial charge is 0.274 e. The van der Waals surface area contributed by atoms with E-state index in [1.54, 1.807) is 16.5 Å². The Balaban J connectivity index is 2.01. The minimum absolute atomic E-state index is 0.0581. The van der Waals surface area contributed by atoms with E-state index < -0.39 is 0 Å². The fourth-order valence-electron chi connectivity index (χ4n) is 2.61. The van der Waals surface area contributed by atoms with Gasteiger partial charge in [-0.15, -0.1) is 0 Å². The summed E-state index contributed by atoms with van der Waals surface area (Å²) >= 11 is 7.30. The summed E-state index contributed by atoms with van der Waals surface area (Å²) in [7, 11) is 1.44. The molecule has 0 radical (unpaired) electrons. The van der Waals surface area contributed by atoms with E-state index in [-0.39, 0.29) is 17.1 Å². The van der Waals surface area contributed by atoms with Crippen LogP contribution in [-0.4, -0.2) is 21.6 Å². The van der Waals surface area contributed by atoms with E-state index in [0.29, 0.717) is 20.1 Å². The molecule has 4 rings (SSSR count). The highest BCUT2D eigenvalue weighted by atomic mass is 35.5. The molecule has 2 aromatic heterocycles. The molecule has 0 fully saturated rings. The van der Waals surface area contributed by atoms with Crippen LogP contribution in [0, 0.1) is 0 Å². The van der Waals surface area contributed by atoms with Gasteiger partial charge in [0.1, 0.15) is 0 Å². The zero-order valence-corrected chi connectivity index (χ0v) is 14.1. The number of aromatic nitrogens is 2. The molecule has 0 atom stereocenters.